The molecule has 0 unspecified atom stereocenters. The summed E-state index contributed by atoms with van der Waals surface area (Å²) in [4.78, 5) is 48.1. The number of carbonyl (C=O) groups is 3. The first kappa shape index (κ1) is 30.8. The Hall–Kier alpha value is -5.14. The zero-order valence-electron chi connectivity index (χ0n) is 23.5. The number of nitrogens with zero attached hydrogens (tertiary/aromatic N) is 4. The maximum atomic E-state index is 13.8. The molecule has 4 N–H and O–H groups in total. The molecule has 0 saturated carbocycles. The zero-order valence-corrected chi connectivity index (χ0v) is 23.5. The van der Waals surface area contributed by atoms with Gasteiger partial charge < -0.3 is 31.1 Å². The van der Waals surface area contributed by atoms with Crippen molar-refractivity contribution < 1.29 is 27.6 Å². The van der Waals surface area contributed by atoms with Crippen molar-refractivity contribution in [3.05, 3.63) is 78.5 Å². The van der Waals surface area contributed by atoms with Crippen molar-refractivity contribution >= 4 is 46.5 Å². The number of hydrogen-bond donors (Lipinski definition) is 4. The second-order valence-corrected chi connectivity index (χ2v) is 9.62. The van der Waals surface area contributed by atoms with Crippen LogP contribution in [-0.2, 0) is 15.8 Å². The van der Waals surface area contributed by atoms with Gasteiger partial charge in [0.2, 0.25) is 17.8 Å². The van der Waals surface area contributed by atoms with E-state index >= 15 is 0 Å². The second kappa shape index (κ2) is 13.2. The van der Waals surface area contributed by atoms with Crippen LogP contribution >= 0.6 is 0 Å². The molecule has 0 aliphatic carbocycles. The van der Waals surface area contributed by atoms with Gasteiger partial charge in [-0.3, -0.25) is 14.4 Å². The number of piperazine rings is 1. The highest BCUT2D eigenvalue weighted by molar-refractivity contribution is 6.00. The topological polar surface area (TPSA) is 132 Å². The molecular weight excluding hydrogens is 565 g/mol. The summed E-state index contributed by atoms with van der Waals surface area (Å²) in [6.45, 7) is 7.13. The molecule has 2 aromatic carbocycles. The maximum Gasteiger partial charge on any atom is 0.421 e. The van der Waals surface area contributed by atoms with Crippen LogP contribution in [0.5, 0.6) is 0 Å². The third kappa shape index (κ3) is 7.58. The molecule has 4 rings (SSSR count). The number of amides is 3. The number of aromatic nitrogens is 2. The van der Waals surface area contributed by atoms with E-state index < -0.39 is 35.4 Å². The number of para-hydroxylation sites is 1. The number of halogens is 3. The van der Waals surface area contributed by atoms with Gasteiger partial charge in [-0.15, -0.1) is 0 Å². The van der Waals surface area contributed by atoms with E-state index in [2.05, 4.69) is 42.7 Å². The summed E-state index contributed by atoms with van der Waals surface area (Å²) in [7, 11) is 1.42. The summed E-state index contributed by atoms with van der Waals surface area (Å²) in [6.07, 6.45) is -2.94. The molecule has 1 atom stereocenters. The van der Waals surface area contributed by atoms with Crippen molar-refractivity contribution in [2.24, 2.45) is 0 Å². The van der Waals surface area contributed by atoms with Gasteiger partial charge in [0.05, 0.1) is 11.3 Å². The molecule has 226 valence electrons. The summed E-state index contributed by atoms with van der Waals surface area (Å²) in [6, 6.07) is 12.7. The highest BCUT2D eigenvalue weighted by Crippen LogP contribution is 2.36. The van der Waals surface area contributed by atoms with E-state index in [0.29, 0.717) is 38.1 Å². The van der Waals surface area contributed by atoms with Crippen molar-refractivity contribution in [1.82, 2.24) is 25.5 Å². The van der Waals surface area contributed by atoms with E-state index in [1.165, 1.54) is 19.2 Å². The van der Waals surface area contributed by atoms with Gasteiger partial charge in [0.1, 0.15) is 17.4 Å². The van der Waals surface area contributed by atoms with Gasteiger partial charge >= 0.3 is 6.18 Å². The Morgan fingerprint density at radius 1 is 1.00 bits per heavy atom. The number of benzene rings is 2. The number of anilines is 5. The van der Waals surface area contributed by atoms with Crippen molar-refractivity contribution in [3.8, 4) is 0 Å². The van der Waals surface area contributed by atoms with E-state index in [4.69, 9.17) is 0 Å². The number of rotatable bonds is 9. The fourth-order valence-electron chi connectivity index (χ4n) is 4.47. The SMILES string of the molecule is C=CC(=O)N[C@@H](C)C(=O)N1CCN(c2ccc(Nc3ncc(C(F)(F)F)c(Nc4ccccc4C(=O)NC)n3)cc2)CC1. The summed E-state index contributed by atoms with van der Waals surface area (Å²) >= 11 is 0. The first-order valence-electron chi connectivity index (χ1n) is 13.4. The normalized spacial score (nSPS) is 14.0. The Balaban J connectivity index is 1.44. The summed E-state index contributed by atoms with van der Waals surface area (Å²) < 4.78 is 41.3. The van der Waals surface area contributed by atoms with E-state index in [1.54, 1.807) is 36.1 Å². The Labute approximate surface area is 246 Å². The third-order valence-corrected chi connectivity index (χ3v) is 6.74. The highest BCUT2D eigenvalue weighted by Gasteiger charge is 2.35. The zero-order chi connectivity index (χ0) is 31.1. The molecule has 0 spiro atoms. The van der Waals surface area contributed by atoms with Gasteiger partial charge in [-0.1, -0.05) is 18.7 Å². The number of carbonyl (C=O) groups excluding carboxylic acids is 3. The molecule has 1 aliphatic rings. The quantitative estimate of drug-likeness (QED) is 0.275. The van der Waals surface area contributed by atoms with Crippen LogP contribution in [0.25, 0.3) is 0 Å². The minimum Gasteiger partial charge on any atom is -0.368 e. The van der Waals surface area contributed by atoms with Crippen LogP contribution in [0.3, 0.4) is 0 Å². The molecule has 2 heterocycles. The van der Waals surface area contributed by atoms with Gasteiger partial charge in [0, 0.05) is 50.8 Å². The molecule has 0 radical (unpaired) electrons. The molecule has 0 bridgehead atoms. The Morgan fingerprint density at radius 2 is 1.67 bits per heavy atom. The molecule has 11 nitrogen and oxygen atoms in total. The van der Waals surface area contributed by atoms with Crippen LogP contribution in [0.4, 0.5) is 42.0 Å². The Kier molecular flexibility index (Phi) is 9.48. The lowest BCUT2D eigenvalue weighted by Crippen LogP contribution is -2.54. The van der Waals surface area contributed by atoms with Crippen LogP contribution < -0.4 is 26.2 Å². The minimum absolute atomic E-state index is 0.0783. The lowest BCUT2D eigenvalue weighted by molar-refractivity contribution is -0.137. The lowest BCUT2D eigenvalue weighted by Gasteiger charge is -2.37. The fourth-order valence-corrected chi connectivity index (χ4v) is 4.47. The Bertz CT molecular complexity index is 1490. The first-order valence-corrected chi connectivity index (χ1v) is 13.4. The predicted octanol–water partition coefficient (Wildman–Crippen LogP) is 3.68. The summed E-state index contributed by atoms with van der Waals surface area (Å²) in [5.41, 5.74) is 0.656. The molecular formula is C29H31F3N8O3. The molecule has 14 heteroatoms. The van der Waals surface area contributed by atoms with Crippen LogP contribution in [0.15, 0.2) is 67.4 Å². The number of nitrogens with one attached hydrogen (secondary N) is 4. The van der Waals surface area contributed by atoms with Crippen LogP contribution in [-0.4, -0.2) is 71.9 Å². The smallest absolute Gasteiger partial charge is 0.368 e. The van der Waals surface area contributed by atoms with E-state index in [9.17, 15) is 27.6 Å². The van der Waals surface area contributed by atoms with Crippen molar-refractivity contribution in [1.29, 1.82) is 0 Å². The van der Waals surface area contributed by atoms with Crippen LogP contribution in [0, 0.1) is 0 Å². The standard InChI is InChI=1S/C29H31F3N8O3/c1-4-24(41)35-18(2)27(43)40-15-13-39(14-16-40)20-11-9-19(10-12-20)36-28-34-17-22(29(30,31)32)25(38-28)37-23-8-6-5-7-21(23)26(42)33-3/h4-12,17-18H,1,13-16H2,2-3H3,(H,33,42)(H,35,41)(H2,34,36,37,38)/t18-/m0/s1. The third-order valence-electron chi connectivity index (χ3n) is 6.74. The average molecular weight is 597 g/mol. The Morgan fingerprint density at radius 3 is 2.30 bits per heavy atom. The van der Waals surface area contributed by atoms with Crippen molar-refractivity contribution in [2.75, 3.05) is 48.8 Å². The predicted molar refractivity (Wildman–Crippen MR) is 156 cm³/mol. The number of alkyl halides is 3. The molecule has 1 saturated heterocycles. The average Bonchev–Trinajstić information content (AvgIpc) is 3.00. The minimum atomic E-state index is -4.74. The largest absolute Gasteiger partial charge is 0.421 e. The molecule has 43 heavy (non-hydrogen) atoms. The van der Waals surface area contributed by atoms with Gasteiger partial charge in [-0.25, -0.2) is 4.98 Å². The highest BCUT2D eigenvalue weighted by atomic mass is 19.4. The van der Waals surface area contributed by atoms with Crippen LogP contribution in [0.1, 0.15) is 22.8 Å². The van der Waals surface area contributed by atoms with E-state index in [-0.39, 0.29) is 23.1 Å². The molecule has 1 fully saturated rings. The van der Waals surface area contributed by atoms with Gasteiger partial charge in [0.25, 0.3) is 5.91 Å². The van der Waals surface area contributed by atoms with E-state index in [0.717, 1.165) is 11.8 Å². The van der Waals surface area contributed by atoms with Crippen LogP contribution in [0.2, 0.25) is 0 Å². The number of hydrogen-bond acceptors (Lipinski definition) is 8. The lowest BCUT2D eigenvalue weighted by atomic mass is 10.1. The second-order valence-electron chi connectivity index (χ2n) is 9.62. The van der Waals surface area contributed by atoms with Gasteiger partial charge in [0.15, 0.2) is 0 Å². The maximum absolute atomic E-state index is 13.8. The van der Waals surface area contributed by atoms with Gasteiger partial charge in [-0.05, 0) is 49.4 Å². The monoisotopic (exact) mass is 596 g/mol. The first-order chi connectivity index (χ1) is 20.5. The van der Waals surface area contributed by atoms with Crippen molar-refractivity contribution in [3.63, 3.8) is 0 Å². The molecule has 1 aromatic heterocycles. The molecule has 1 aliphatic heterocycles. The molecule has 3 amide bonds. The molecule has 3 aromatic rings. The van der Waals surface area contributed by atoms with Crippen molar-refractivity contribution in [2.45, 2.75) is 19.1 Å². The fraction of sp³-hybridized carbons (Fsp3) is 0.276. The van der Waals surface area contributed by atoms with Gasteiger partial charge in [-0.2, -0.15) is 18.2 Å². The summed E-state index contributed by atoms with van der Waals surface area (Å²) in [5, 5.41) is 10.6. The summed E-state index contributed by atoms with van der Waals surface area (Å²) in [5.74, 6) is -1.64. The van der Waals surface area contributed by atoms with E-state index in [1.807, 2.05) is 12.1 Å².